The summed E-state index contributed by atoms with van der Waals surface area (Å²) in [6, 6.07) is 7.65. The molecule has 1 fully saturated rings. The van der Waals surface area contributed by atoms with E-state index in [2.05, 4.69) is 10.6 Å². The number of para-hydroxylation sites is 1. The Morgan fingerprint density at radius 3 is 2.87 bits per heavy atom. The van der Waals surface area contributed by atoms with Gasteiger partial charge in [0.2, 0.25) is 5.91 Å². The lowest BCUT2D eigenvalue weighted by atomic mass is 10.2. The minimum absolute atomic E-state index is 0.0636. The molecule has 1 saturated carbocycles. The van der Waals surface area contributed by atoms with Crippen molar-refractivity contribution in [3.05, 3.63) is 24.3 Å². The monoisotopic (exact) mass is 334 g/mol. The van der Waals surface area contributed by atoms with Crippen LogP contribution in [-0.4, -0.2) is 35.2 Å². The normalized spacial score (nSPS) is 20.9. The number of carbonyl (C=O) groups excluding carboxylic acids is 3. The maximum atomic E-state index is 12.0. The molecule has 0 unspecified atom stereocenters. The maximum Gasteiger partial charge on any atom is 0.308 e. The Hall–Kier alpha value is -2.02. The van der Waals surface area contributed by atoms with Crippen molar-refractivity contribution >= 4 is 35.2 Å². The smallest absolute Gasteiger partial charge is 0.308 e. The third kappa shape index (κ3) is 4.04. The summed E-state index contributed by atoms with van der Waals surface area (Å²) < 4.78 is 5.14. The average Bonchev–Trinajstić information content (AvgIpc) is 3.31. The van der Waals surface area contributed by atoms with Gasteiger partial charge < -0.3 is 15.4 Å². The summed E-state index contributed by atoms with van der Waals surface area (Å²) in [7, 11) is 0. The summed E-state index contributed by atoms with van der Waals surface area (Å²) in [5, 5.41) is 5.02. The molecule has 2 aliphatic rings. The lowest BCUT2D eigenvalue weighted by Crippen LogP contribution is -2.38. The Bertz CT molecular complexity index is 645. The molecule has 3 rings (SSSR count). The number of fused-ring (bicyclic) bond motifs is 1. The molecule has 1 aromatic rings. The van der Waals surface area contributed by atoms with Crippen molar-refractivity contribution in [1.29, 1.82) is 0 Å². The second kappa shape index (κ2) is 6.62. The van der Waals surface area contributed by atoms with Crippen molar-refractivity contribution in [2.75, 3.05) is 5.32 Å². The van der Waals surface area contributed by atoms with Crippen molar-refractivity contribution < 1.29 is 19.1 Å². The van der Waals surface area contributed by atoms with Gasteiger partial charge in [-0.1, -0.05) is 12.1 Å². The molecule has 0 bridgehead atoms. The van der Waals surface area contributed by atoms with Crippen LogP contribution in [0.4, 0.5) is 5.69 Å². The first kappa shape index (κ1) is 15.9. The Morgan fingerprint density at radius 1 is 1.39 bits per heavy atom. The quantitative estimate of drug-likeness (QED) is 0.801. The van der Waals surface area contributed by atoms with Crippen LogP contribution in [0.3, 0.4) is 0 Å². The van der Waals surface area contributed by atoms with Crippen LogP contribution in [0.15, 0.2) is 29.2 Å². The molecular weight excluding hydrogens is 316 g/mol. The fourth-order valence-electron chi connectivity index (χ4n) is 2.22. The molecule has 7 heteroatoms. The number of hydrogen-bond donors (Lipinski definition) is 2. The Morgan fingerprint density at radius 2 is 2.13 bits per heavy atom. The minimum Gasteiger partial charge on any atom is -0.453 e. The van der Waals surface area contributed by atoms with Crippen LogP contribution >= 0.6 is 11.8 Å². The second-order valence-electron chi connectivity index (χ2n) is 5.71. The third-order valence-electron chi connectivity index (χ3n) is 3.66. The van der Waals surface area contributed by atoms with Crippen LogP contribution < -0.4 is 10.6 Å². The van der Waals surface area contributed by atoms with Crippen molar-refractivity contribution in [3.8, 4) is 0 Å². The van der Waals surface area contributed by atoms with Gasteiger partial charge >= 0.3 is 5.97 Å². The first-order valence-corrected chi connectivity index (χ1v) is 8.47. The van der Waals surface area contributed by atoms with Gasteiger partial charge in [-0.15, -0.1) is 11.8 Å². The lowest BCUT2D eigenvalue weighted by molar-refractivity contribution is -0.155. The van der Waals surface area contributed by atoms with Crippen LogP contribution in [0.1, 0.15) is 26.2 Å². The first-order chi connectivity index (χ1) is 11.0. The second-order valence-corrected chi connectivity index (χ2v) is 6.96. The number of hydrogen-bond acceptors (Lipinski definition) is 5. The molecule has 6 nitrogen and oxygen atoms in total. The number of amides is 2. The van der Waals surface area contributed by atoms with Gasteiger partial charge in [0, 0.05) is 10.9 Å². The molecule has 0 spiro atoms. The SMILES string of the molecule is C[C@H](OC(=O)C[C@@H]1Sc2ccccc2NC1=O)C(=O)NC1CC1. The average molecular weight is 334 g/mol. The summed E-state index contributed by atoms with van der Waals surface area (Å²) in [4.78, 5) is 36.7. The number of carbonyl (C=O) groups is 3. The Balaban J connectivity index is 1.53. The van der Waals surface area contributed by atoms with Gasteiger partial charge in [-0.05, 0) is 31.9 Å². The largest absolute Gasteiger partial charge is 0.453 e. The molecule has 2 atom stereocenters. The van der Waals surface area contributed by atoms with Crippen LogP contribution in [-0.2, 0) is 19.1 Å². The van der Waals surface area contributed by atoms with E-state index in [1.165, 1.54) is 11.8 Å². The predicted octanol–water partition coefficient (Wildman–Crippen LogP) is 1.70. The summed E-state index contributed by atoms with van der Waals surface area (Å²) in [5.41, 5.74) is 0.754. The first-order valence-electron chi connectivity index (χ1n) is 7.59. The highest BCUT2D eigenvalue weighted by Crippen LogP contribution is 2.36. The van der Waals surface area contributed by atoms with E-state index in [0.29, 0.717) is 0 Å². The molecule has 0 aromatic heterocycles. The lowest BCUT2D eigenvalue weighted by Gasteiger charge is -2.23. The van der Waals surface area contributed by atoms with Crippen LogP contribution in [0.25, 0.3) is 0 Å². The topological polar surface area (TPSA) is 84.5 Å². The number of ether oxygens (including phenoxy) is 1. The standard InChI is InChI=1S/C16H18N2O4S/c1-9(15(20)17-10-6-7-10)22-14(19)8-13-16(21)18-11-4-2-3-5-12(11)23-13/h2-5,9-10,13H,6-8H2,1H3,(H,17,20)(H,18,21)/t9-,13-/m0/s1. The highest BCUT2D eigenvalue weighted by atomic mass is 32.2. The van der Waals surface area contributed by atoms with E-state index in [0.717, 1.165) is 23.4 Å². The highest BCUT2D eigenvalue weighted by molar-refractivity contribution is 8.01. The molecular formula is C16H18N2O4S. The number of benzene rings is 1. The van der Waals surface area contributed by atoms with Gasteiger partial charge in [0.05, 0.1) is 17.4 Å². The molecule has 1 aliphatic heterocycles. The van der Waals surface area contributed by atoms with Gasteiger partial charge in [-0.3, -0.25) is 14.4 Å². The molecule has 0 saturated heterocycles. The fourth-order valence-corrected chi connectivity index (χ4v) is 3.32. The van der Waals surface area contributed by atoms with E-state index in [-0.39, 0.29) is 24.3 Å². The van der Waals surface area contributed by atoms with Gasteiger partial charge in [-0.25, -0.2) is 0 Å². The summed E-state index contributed by atoms with van der Waals surface area (Å²) >= 11 is 1.34. The van der Waals surface area contributed by atoms with Gasteiger partial charge in [-0.2, -0.15) is 0 Å². The predicted molar refractivity (Wildman–Crippen MR) is 86.1 cm³/mol. The van der Waals surface area contributed by atoms with Crippen molar-refractivity contribution in [2.24, 2.45) is 0 Å². The van der Waals surface area contributed by atoms with Crippen LogP contribution in [0.5, 0.6) is 0 Å². The van der Waals surface area contributed by atoms with E-state index in [4.69, 9.17) is 4.74 Å². The van der Waals surface area contributed by atoms with Gasteiger partial charge in [0.1, 0.15) is 0 Å². The number of nitrogens with one attached hydrogen (secondary N) is 2. The molecule has 2 amide bonds. The number of thioether (sulfide) groups is 1. The van der Waals surface area contributed by atoms with Gasteiger partial charge in [0.25, 0.3) is 5.91 Å². The molecule has 122 valence electrons. The van der Waals surface area contributed by atoms with E-state index in [9.17, 15) is 14.4 Å². The van der Waals surface area contributed by atoms with E-state index in [1.807, 2.05) is 24.3 Å². The maximum absolute atomic E-state index is 12.0. The van der Waals surface area contributed by atoms with Gasteiger partial charge in [0.15, 0.2) is 6.10 Å². The summed E-state index contributed by atoms with van der Waals surface area (Å²) in [5.74, 6) is -1.05. The van der Waals surface area contributed by atoms with E-state index in [1.54, 1.807) is 6.92 Å². The Labute approximate surface area is 138 Å². The number of esters is 1. The van der Waals surface area contributed by atoms with E-state index < -0.39 is 17.3 Å². The number of anilines is 1. The van der Waals surface area contributed by atoms with E-state index >= 15 is 0 Å². The number of rotatable bonds is 5. The summed E-state index contributed by atoms with van der Waals surface area (Å²) in [6.07, 6.45) is 1.05. The van der Waals surface area contributed by atoms with Crippen molar-refractivity contribution in [3.63, 3.8) is 0 Å². The molecule has 0 radical (unpaired) electrons. The molecule has 1 aromatic carbocycles. The molecule has 1 heterocycles. The highest BCUT2D eigenvalue weighted by Gasteiger charge is 2.31. The molecule has 2 N–H and O–H groups in total. The van der Waals surface area contributed by atoms with Crippen molar-refractivity contribution in [2.45, 2.75) is 48.5 Å². The fraction of sp³-hybridized carbons (Fsp3) is 0.438. The minimum atomic E-state index is -0.841. The third-order valence-corrected chi connectivity index (χ3v) is 4.94. The van der Waals surface area contributed by atoms with Crippen LogP contribution in [0.2, 0.25) is 0 Å². The summed E-state index contributed by atoms with van der Waals surface area (Å²) in [6.45, 7) is 1.54. The zero-order chi connectivity index (χ0) is 16.4. The zero-order valence-corrected chi connectivity index (χ0v) is 13.5. The van der Waals surface area contributed by atoms with Crippen LogP contribution in [0, 0.1) is 0 Å². The Kier molecular flexibility index (Phi) is 4.56. The zero-order valence-electron chi connectivity index (χ0n) is 12.7. The molecule has 1 aliphatic carbocycles. The van der Waals surface area contributed by atoms with Crippen molar-refractivity contribution in [1.82, 2.24) is 5.32 Å². The molecule has 23 heavy (non-hydrogen) atoms.